The van der Waals surface area contributed by atoms with Gasteiger partial charge in [0.1, 0.15) is 0 Å². The van der Waals surface area contributed by atoms with Gasteiger partial charge in [-0.1, -0.05) is 12.1 Å². The third-order valence-electron chi connectivity index (χ3n) is 2.77. The standard InChI is InChI=1S/C13H20N2O3/c1-4-18-10(2)9-14-11(3)12-5-7-13(8-6-12)15(16)17/h5-8,10-11,14H,4,9H2,1-3H3. The van der Waals surface area contributed by atoms with E-state index in [9.17, 15) is 10.1 Å². The Morgan fingerprint density at radius 2 is 1.94 bits per heavy atom. The number of nitro benzene ring substituents is 1. The van der Waals surface area contributed by atoms with Gasteiger partial charge in [-0.25, -0.2) is 0 Å². The van der Waals surface area contributed by atoms with Crippen LogP contribution in [-0.2, 0) is 4.74 Å². The minimum atomic E-state index is -0.390. The van der Waals surface area contributed by atoms with Crippen molar-refractivity contribution < 1.29 is 9.66 Å². The lowest BCUT2D eigenvalue weighted by molar-refractivity contribution is -0.384. The predicted octanol–water partition coefficient (Wildman–Crippen LogP) is 2.67. The Bertz CT molecular complexity index is 378. The molecule has 1 aromatic carbocycles. The van der Waals surface area contributed by atoms with Crippen molar-refractivity contribution in [2.75, 3.05) is 13.2 Å². The summed E-state index contributed by atoms with van der Waals surface area (Å²) in [4.78, 5) is 10.2. The summed E-state index contributed by atoms with van der Waals surface area (Å²) < 4.78 is 5.43. The second kappa shape index (κ2) is 7.08. The highest BCUT2D eigenvalue weighted by molar-refractivity contribution is 5.33. The predicted molar refractivity (Wildman–Crippen MR) is 70.6 cm³/mol. The van der Waals surface area contributed by atoms with Gasteiger partial charge in [-0.3, -0.25) is 10.1 Å². The van der Waals surface area contributed by atoms with Crippen LogP contribution < -0.4 is 5.32 Å². The van der Waals surface area contributed by atoms with Gasteiger partial charge in [0.05, 0.1) is 11.0 Å². The number of rotatable bonds is 7. The molecule has 1 N–H and O–H groups in total. The van der Waals surface area contributed by atoms with E-state index in [0.29, 0.717) is 6.61 Å². The summed E-state index contributed by atoms with van der Waals surface area (Å²) in [5, 5.41) is 13.9. The Hall–Kier alpha value is -1.46. The molecule has 0 aromatic heterocycles. The van der Waals surface area contributed by atoms with E-state index in [0.717, 1.165) is 12.1 Å². The molecule has 0 heterocycles. The molecule has 0 aliphatic heterocycles. The first-order chi connectivity index (χ1) is 8.54. The maximum absolute atomic E-state index is 10.5. The Kier molecular flexibility index (Phi) is 5.74. The zero-order valence-corrected chi connectivity index (χ0v) is 11.1. The summed E-state index contributed by atoms with van der Waals surface area (Å²) in [6, 6.07) is 6.76. The Labute approximate surface area is 107 Å². The molecule has 1 rings (SSSR count). The molecule has 0 aliphatic rings. The number of ether oxygens (including phenoxy) is 1. The fourth-order valence-electron chi connectivity index (χ4n) is 1.69. The van der Waals surface area contributed by atoms with Crippen LogP contribution in [0.5, 0.6) is 0 Å². The summed E-state index contributed by atoms with van der Waals surface area (Å²) >= 11 is 0. The largest absolute Gasteiger partial charge is 0.377 e. The van der Waals surface area contributed by atoms with Crippen LogP contribution in [0.25, 0.3) is 0 Å². The van der Waals surface area contributed by atoms with Crippen LogP contribution in [-0.4, -0.2) is 24.2 Å². The Morgan fingerprint density at radius 1 is 1.33 bits per heavy atom. The van der Waals surface area contributed by atoms with Crippen LogP contribution >= 0.6 is 0 Å². The molecule has 0 radical (unpaired) electrons. The number of hydrogen-bond donors (Lipinski definition) is 1. The number of nitro groups is 1. The number of hydrogen-bond acceptors (Lipinski definition) is 4. The van der Waals surface area contributed by atoms with Crippen molar-refractivity contribution in [3.8, 4) is 0 Å². The summed E-state index contributed by atoms with van der Waals surface area (Å²) in [6.45, 7) is 7.47. The van der Waals surface area contributed by atoms with Crippen molar-refractivity contribution >= 4 is 5.69 Å². The van der Waals surface area contributed by atoms with E-state index in [2.05, 4.69) is 5.32 Å². The monoisotopic (exact) mass is 252 g/mol. The van der Waals surface area contributed by atoms with Gasteiger partial charge in [0.2, 0.25) is 0 Å². The maximum atomic E-state index is 10.5. The molecule has 1 aromatic rings. The maximum Gasteiger partial charge on any atom is 0.269 e. The van der Waals surface area contributed by atoms with E-state index in [4.69, 9.17) is 4.74 Å². The van der Waals surface area contributed by atoms with Gasteiger partial charge < -0.3 is 10.1 Å². The number of non-ortho nitro benzene ring substituents is 1. The first-order valence-corrected chi connectivity index (χ1v) is 6.14. The van der Waals surface area contributed by atoms with Crippen molar-refractivity contribution in [1.82, 2.24) is 5.32 Å². The number of nitrogens with zero attached hydrogens (tertiary/aromatic N) is 1. The molecule has 0 amide bonds. The van der Waals surface area contributed by atoms with Crippen molar-refractivity contribution in [2.45, 2.75) is 32.9 Å². The van der Waals surface area contributed by atoms with E-state index in [1.807, 2.05) is 20.8 Å². The van der Waals surface area contributed by atoms with Gasteiger partial charge in [-0.15, -0.1) is 0 Å². The number of nitrogens with one attached hydrogen (secondary N) is 1. The van der Waals surface area contributed by atoms with Crippen LogP contribution in [0.15, 0.2) is 24.3 Å². The number of benzene rings is 1. The third-order valence-corrected chi connectivity index (χ3v) is 2.77. The molecule has 5 nitrogen and oxygen atoms in total. The smallest absolute Gasteiger partial charge is 0.269 e. The molecule has 0 bridgehead atoms. The molecule has 0 saturated carbocycles. The molecule has 18 heavy (non-hydrogen) atoms. The molecule has 0 spiro atoms. The summed E-state index contributed by atoms with van der Waals surface area (Å²) in [7, 11) is 0. The normalized spacial score (nSPS) is 14.2. The molecule has 5 heteroatoms. The summed E-state index contributed by atoms with van der Waals surface area (Å²) in [6.07, 6.45) is 0.162. The second-order valence-corrected chi connectivity index (χ2v) is 4.24. The molecule has 2 unspecified atom stereocenters. The third kappa shape index (κ3) is 4.43. The highest BCUT2D eigenvalue weighted by Gasteiger charge is 2.09. The van der Waals surface area contributed by atoms with Gasteiger partial charge in [0.25, 0.3) is 5.69 Å². The van der Waals surface area contributed by atoms with Crippen molar-refractivity contribution in [3.05, 3.63) is 39.9 Å². The lowest BCUT2D eigenvalue weighted by Gasteiger charge is -2.18. The van der Waals surface area contributed by atoms with Crippen LogP contribution in [0.4, 0.5) is 5.69 Å². The van der Waals surface area contributed by atoms with Crippen molar-refractivity contribution in [1.29, 1.82) is 0 Å². The van der Waals surface area contributed by atoms with Gasteiger partial charge in [-0.05, 0) is 26.3 Å². The van der Waals surface area contributed by atoms with Crippen molar-refractivity contribution in [2.24, 2.45) is 0 Å². The molecular weight excluding hydrogens is 232 g/mol. The lowest BCUT2D eigenvalue weighted by Crippen LogP contribution is -2.29. The van der Waals surface area contributed by atoms with Crippen LogP contribution in [0, 0.1) is 10.1 Å². The van der Waals surface area contributed by atoms with E-state index >= 15 is 0 Å². The van der Waals surface area contributed by atoms with Gasteiger partial charge in [0, 0.05) is 31.3 Å². The fourth-order valence-corrected chi connectivity index (χ4v) is 1.69. The molecular formula is C13H20N2O3. The summed E-state index contributed by atoms with van der Waals surface area (Å²) in [5.74, 6) is 0. The molecule has 0 aliphatic carbocycles. The minimum absolute atomic E-state index is 0.119. The second-order valence-electron chi connectivity index (χ2n) is 4.24. The molecule has 100 valence electrons. The van der Waals surface area contributed by atoms with Crippen LogP contribution in [0.3, 0.4) is 0 Å². The highest BCUT2D eigenvalue weighted by Crippen LogP contribution is 2.17. The first-order valence-electron chi connectivity index (χ1n) is 6.14. The van der Waals surface area contributed by atoms with Crippen LogP contribution in [0.1, 0.15) is 32.4 Å². The molecule has 0 saturated heterocycles. The zero-order chi connectivity index (χ0) is 13.5. The first kappa shape index (κ1) is 14.6. The average molecular weight is 252 g/mol. The quantitative estimate of drug-likeness (QED) is 0.598. The van der Waals surface area contributed by atoms with Crippen LogP contribution in [0.2, 0.25) is 0 Å². The van der Waals surface area contributed by atoms with E-state index in [1.165, 1.54) is 12.1 Å². The zero-order valence-electron chi connectivity index (χ0n) is 11.1. The Balaban J connectivity index is 2.51. The van der Waals surface area contributed by atoms with Gasteiger partial charge >= 0.3 is 0 Å². The molecule has 2 atom stereocenters. The van der Waals surface area contributed by atoms with E-state index in [1.54, 1.807) is 12.1 Å². The lowest BCUT2D eigenvalue weighted by atomic mass is 10.1. The van der Waals surface area contributed by atoms with E-state index < -0.39 is 0 Å². The summed E-state index contributed by atoms with van der Waals surface area (Å²) in [5.41, 5.74) is 1.15. The van der Waals surface area contributed by atoms with Gasteiger partial charge in [0.15, 0.2) is 0 Å². The van der Waals surface area contributed by atoms with Crippen molar-refractivity contribution in [3.63, 3.8) is 0 Å². The Morgan fingerprint density at radius 3 is 2.44 bits per heavy atom. The topological polar surface area (TPSA) is 64.4 Å². The minimum Gasteiger partial charge on any atom is -0.377 e. The SMILES string of the molecule is CCOC(C)CNC(C)c1ccc([N+](=O)[O-])cc1. The fraction of sp³-hybridized carbons (Fsp3) is 0.538. The molecule has 0 fully saturated rings. The average Bonchev–Trinajstić information content (AvgIpc) is 2.36. The highest BCUT2D eigenvalue weighted by atomic mass is 16.6. The van der Waals surface area contributed by atoms with E-state index in [-0.39, 0.29) is 22.8 Å². The van der Waals surface area contributed by atoms with Gasteiger partial charge in [-0.2, -0.15) is 0 Å².